The molecule has 3 rings (SSSR count). The van der Waals surface area contributed by atoms with Crippen molar-refractivity contribution in [3.63, 3.8) is 0 Å². The molecule has 1 saturated heterocycles. The molecule has 1 aliphatic carbocycles. The van der Waals surface area contributed by atoms with Crippen LogP contribution in [0, 0.1) is 18.3 Å². The van der Waals surface area contributed by atoms with Gasteiger partial charge in [-0.15, -0.1) is 0 Å². The smallest absolute Gasteiger partial charge is 0.326 e. The van der Waals surface area contributed by atoms with Gasteiger partial charge in [-0.1, -0.05) is 32.9 Å². The third-order valence-electron chi connectivity index (χ3n) is 5.52. The van der Waals surface area contributed by atoms with Gasteiger partial charge in [-0.2, -0.15) is 0 Å². The molecule has 1 heterocycles. The lowest BCUT2D eigenvalue weighted by atomic mass is 9.64. The first-order valence-electron chi connectivity index (χ1n) is 10.1. The number of amides is 3. The van der Waals surface area contributed by atoms with E-state index >= 15 is 0 Å². The molecular formula is C22H30N2O5. The Kier molecular flexibility index (Phi) is 5.87. The number of nitrogens with zero attached hydrogens (tertiary/aromatic N) is 1. The predicted molar refractivity (Wildman–Crippen MR) is 107 cm³/mol. The summed E-state index contributed by atoms with van der Waals surface area (Å²) in [5.41, 5.74) is 0.115. The molecule has 2 atom stereocenters. The summed E-state index contributed by atoms with van der Waals surface area (Å²) in [6, 6.07) is 7.05. The van der Waals surface area contributed by atoms with Crippen LogP contribution in [0.3, 0.4) is 0 Å². The Morgan fingerprint density at radius 3 is 2.69 bits per heavy atom. The third kappa shape index (κ3) is 4.89. The van der Waals surface area contributed by atoms with Crippen molar-refractivity contribution in [3.8, 4) is 5.75 Å². The van der Waals surface area contributed by atoms with Crippen LogP contribution >= 0.6 is 0 Å². The zero-order valence-corrected chi connectivity index (χ0v) is 17.6. The summed E-state index contributed by atoms with van der Waals surface area (Å²) in [7, 11) is 0. The molecule has 1 spiro atoms. The predicted octanol–water partition coefficient (Wildman–Crippen LogP) is 3.05. The van der Waals surface area contributed by atoms with Crippen LogP contribution in [-0.4, -0.2) is 48.1 Å². The van der Waals surface area contributed by atoms with Crippen LogP contribution in [0.4, 0.5) is 4.79 Å². The molecule has 1 aliphatic heterocycles. The maximum Gasteiger partial charge on any atom is 0.326 e. The molecule has 7 nitrogen and oxygen atoms in total. The minimum absolute atomic E-state index is 0.0473. The Bertz CT molecular complexity index is 806. The molecule has 3 amide bonds. The van der Waals surface area contributed by atoms with E-state index in [1.54, 1.807) is 0 Å². The van der Waals surface area contributed by atoms with Crippen LogP contribution in [0.2, 0.25) is 0 Å². The normalized spacial score (nSPS) is 25.8. The largest absolute Gasteiger partial charge is 0.490 e. The van der Waals surface area contributed by atoms with E-state index in [1.165, 1.54) is 0 Å². The maximum absolute atomic E-state index is 13.0. The Balaban J connectivity index is 1.51. The maximum atomic E-state index is 13.0. The van der Waals surface area contributed by atoms with E-state index in [9.17, 15) is 14.4 Å². The van der Waals surface area contributed by atoms with Crippen molar-refractivity contribution in [1.82, 2.24) is 10.2 Å². The van der Waals surface area contributed by atoms with Crippen molar-refractivity contribution in [1.29, 1.82) is 0 Å². The highest BCUT2D eigenvalue weighted by molar-refractivity contribution is 6.08. The third-order valence-corrected chi connectivity index (χ3v) is 5.52. The fourth-order valence-electron chi connectivity index (χ4n) is 4.84. The van der Waals surface area contributed by atoms with Crippen molar-refractivity contribution in [3.05, 3.63) is 29.8 Å². The summed E-state index contributed by atoms with van der Waals surface area (Å²) in [6.07, 6.45) is 2.17. The van der Waals surface area contributed by atoms with Crippen LogP contribution in [-0.2, 0) is 14.3 Å². The van der Waals surface area contributed by atoms with Gasteiger partial charge in [-0.05, 0) is 55.2 Å². The first-order valence-corrected chi connectivity index (χ1v) is 10.1. The number of urea groups is 1. The average molecular weight is 402 g/mol. The van der Waals surface area contributed by atoms with Crippen LogP contribution in [0.1, 0.15) is 45.6 Å². The van der Waals surface area contributed by atoms with Crippen molar-refractivity contribution in [2.75, 3.05) is 19.8 Å². The molecule has 0 aromatic heterocycles. The lowest BCUT2D eigenvalue weighted by Gasteiger charge is -2.43. The van der Waals surface area contributed by atoms with Crippen LogP contribution in [0.5, 0.6) is 5.75 Å². The van der Waals surface area contributed by atoms with E-state index < -0.39 is 17.5 Å². The van der Waals surface area contributed by atoms with Gasteiger partial charge in [0.05, 0.1) is 0 Å². The second kappa shape index (κ2) is 8.05. The number of carbonyl (C=O) groups is 3. The van der Waals surface area contributed by atoms with Gasteiger partial charge in [0, 0.05) is 0 Å². The molecule has 0 unspecified atom stereocenters. The fourth-order valence-corrected chi connectivity index (χ4v) is 4.84. The zero-order chi connectivity index (χ0) is 21.2. The molecule has 2 fully saturated rings. The highest BCUT2D eigenvalue weighted by Crippen LogP contribution is 2.46. The van der Waals surface area contributed by atoms with Crippen molar-refractivity contribution in [2.45, 2.75) is 52.5 Å². The first kappa shape index (κ1) is 21.1. The number of benzene rings is 1. The summed E-state index contributed by atoms with van der Waals surface area (Å²) in [6.45, 7) is 8.13. The Morgan fingerprint density at radius 2 is 2.00 bits per heavy atom. The zero-order valence-electron chi connectivity index (χ0n) is 17.6. The van der Waals surface area contributed by atoms with E-state index in [0.717, 1.165) is 16.9 Å². The van der Waals surface area contributed by atoms with Crippen LogP contribution in [0.15, 0.2) is 24.3 Å². The van der Waals surface area contributed by atoms with Crippen LogP contribution in [0.25, 0.3) is 0 Å². The molecule has 7 heteroatoms. The number of nitrogens with one attached hydrogen (secondary N) is 1. The molecule has 0 radical (unpaired) electrons. The Morgan fingerprint density at radius 1 is 1.24 bits per heavy atom. The van der Waals surface area contributed by atoms with E-state index in [4.69, 9.17) is 9.47 Å². The lowest BCUT2D eigenvalue weighted by Crippen LogP contribution is -2.54. The number of esters is 1. The van der Waals surface area contributed by atoms with Crippen molar-refractivity contribution < 1.29 is 23.9 Å². The van der Waals surface area contributed by atoms with Gasteiger partial charge in [0.2, 0.25) is 0 Å². The fraction of sp³-hybridized carbons (Fsp3) is 0.591. The number of ether oxygens (including phenoxy) is 2. The standard InChI is InChI=1S/C22H30N2O5/c1-15-6-5-7-17(10-15)28-8-9-29-18(25)13-24-19(26)22(23-20(24)27)12-16(2)11-21(3,4)14-22/h5-7,10,16H,8-9,11-14H2,1-4H3,(H,23,27)/t16-,22+/m0/s1. The Labute approximate surface area is 171 Å². The summed E-state index contributed by atoms with van der Waals surface area (Å²) >= 11 is 0. The molecule has 0 bridgehead atoms. The Hall–Kier alpha value is -2.57. The van der Waals surface area contributed by atoms with Gasteiger partial charge in [0.15, 0.2) is 0 Å². The quantitative estimate of drug-likeness (QED) is 0.449. The number of hydrogen-bond acceptors (Lipinski definition) is 5. The first-order chi connectivity index (χ1) is 13.6. The van der Waals surface area contributed by atoms with E-state index in [0.29, 0.717) is 24.5 Å². The molecule has 1 aromatic rings. The van der Waals surface area contributed by atoms with E-state index in [1.807, 2.05) is 31.2 Å². The van der Waals surface area contributed by atoms with Crippen molar-refractivity contribution in [2.24, 2.45) is 11.3 Å². The average Bonchev–Trinajstić information content (AvgIpc) is 2.80. The second-order valence-electron chi connectivity index (χ2n) is 9.14. The van der Waals surface area contributed by atoms with Gasteiger partial charge in [-0.3, -0.25) is 14.5 Å². The topological polar surface area (TPSA) is 84.9 Å². The number of carbonyl (C=O) groups excluding carboxylic acids is 3. The summed E-state index contributed by atoms with van der Waals surface area (Å²) in [5, 5.41) is 2.86. The van der Waals surface area contributed by atoms with Gasteiger partial charge in [0.1, 0.15) is 31.0 Å². The minimum Gasteiger partial charge on any atom is -0.490 e. The van der Waals surface area contributed by atoms with Gasteiger partial charge in [0.25, 0.3) is 5.91 Å². The van der Waals surface area contributed by atoms with Crippen LogP contribution < -0.4 is 10.1 Å². The van der Waals surface area contributed by atoms with Gasteiger partial charge in [-0.25, -0.2) is 4.79 Å². The molecule has 2 aliphatic rings. The number of hydrogen-bond donors (Lipinski definition) is 1. The van der Waals surface area contributed by atoms with Gasteiger partial charge < -0.3 is 14.8 Å². The number of rotatable bonds is 6. The molecule has 1 aromatic carbocycles. The summed E-state index contributed by atoms with van der Waals surface area (Å²) < 4.78 is 10.7. The molecule has 29 heavy (non-hydrogen) atoms. The highest BCUT2D eigenvalue weighted by atomic mass is 16.6. The molecule has 1 N–H and O–H groups in total. The molecule has 1 saturated carbocycles. The van der Waals surface area contributed by atoms with Gasteiger partial charge >= 0.3 is 12.0 Å². The lowest BCUT2D eigenvalue weighted by molar-refractivity contribution is -0.149. The number of aryl methyl sites for hydroxylation is 1. The second-order valence-corrected chi connectivity index (χ2v) is 9.14. The monoisotopic (exact) mass is 402 g/mol. The SMILES string of the molecule is Cc1cccc(OCCOC(=O)CN2C(=O)N[C@@]3(C[C@@H](C)CC(C)(C)C3)C2=O)c1. The van der Waals surface area contributed by atoms with Crippen molar-refractivity contribution >= 4 is 17.9 Å². The minimum atomic E-state index is -0.910. The molecule has 158 valence electrons. The summed E-state index contributed by atoms with van der Waals surface area (Å²) in [4.78, 5) is 38.6. The summed E-state index contributed by atoms with van der Waals surface area (Å²) in [5.74, 6) is 0.0661. The number of imide groups is 1. The highest BCUT2D eigenvalue weighted by Gasteiger charge is 2.56. The van der Waals surface area contributed by atoms with E-state index in [2.05, 4.69) is 26.1 Å². The van der Waals surface area contributed by atoms with E-state index in [-0.39, 0.29) is 31.1 Å². The molecular weight excluding hydrogens is 372 g/mol.